The maximum Gasteiger partial charge on any atom is 0.227 e. The molecule has 2 aromatic rings. The number of amides is 1. The molecule has 0 saturated carbocycles. The van der Waals surface area contributed by atoms with Gasteiger partial charge in [-0.25, -0.2) is 0 Å². The molecule has 0 unspecified atom stereocenters. The summed E-state index contributed by atoms with van der Waals surface area (Å²) in [6.07, 6.45) is 1.85. The van der Waals surface area contributed by atoms with Gasteiger partial charge in [0.05, 0.1) is 0 Å². The zero-order valence-corrected chi connectivity index (χ0v) is 12.1. The third-order valence-electron chi connectivity index (χ3n) is 3.76. The summed E-state index contributed by atoms with van der Waals surface area (Å²) in [5.74, 6) is 0.290. The van der Waals surface area contributed by atoms with Gasteiger partial charge in [0.1, 0.15) is 0 Å². The molecule has 20 heavy (non-hydrogen) atoms. The molecule has 106 valence electrons. The summed E-state index contributed by atoms with van der Waals surface area (Å²) >= 11 is 0. The second-order valence-corrected chi connectivity index (χ2v) is 5.04. The van der Waals surface area contributed by atoms with E-state index in [0.717, 1.165) is 42.4 Å². The van der Waals surface area contributed by atoms with E-state index in [4.69, 9.17) is 0 Å². The lowest BCUT2D eigenvalue weighted by Gasteiger charge is -2.22. The number of benzene rings is 2. The molecule has 0 bridgehead atoms. The molecule has 3 rings (SSSR count). The second-order valence-electron chi connectivity index (χ2n) is 5.04. The van der Waals surface area contributed by atoms with Gasteiger partial charge in [-0.1, -0.05) is 36.4 Å². The fraction of sp³-hybridized carbons (Fsp3) is 0.312. The Labute approximate surface area is 125 Å². The lowest BCUT2D eigenvalue weighted by Crippen LogP contribution is -2.34. The summed E-state index contributed by atoms with van der Waals surface area (Å²) in [5, 5.41) is 8.63. The first-order valence-electron chi connectivity index (χ1n) is 6.84. The highest BCUT2D eigenvalue weighted by Gasteiger charge is 2.21. The molecule has 1 saturated heterocycles. The average Bonchev–Trinajstić information content (AvgIpc) is 2.48. The molecule has 0 spiro atoms. The smallest absolute Gasteiger partial charge is 0.227 e. The molecule has 1 aliphatic heterocycles. The molecular formula is C16H19ClN2O. The molecule has 3 nitrogen and oxygen atoms in total. The normalized spacial score (nSPS) is 15.6. The van der Waals surface area contributed by atoms with E-state index in [1.807, 2.05) is 30.3 Å². The summed E-state index contributed by atoms with van der Waals surface area (Å²) < 4.78 is 0. The Morgan fingerprint density at radius 1 is 1.05 bits per heavy atom. The Hall–Kier alpha value is -1.58. The predicted octanol–water partition coefficient (Wildman–Crippen LogP) is 3.20. The topological polar surface area (TPSA) is 41.1 Å². The van der Waals surface area contributed by atoms with Crippen molar-refractivity contribution in [1.82, 2.24) is 5.32 Å². The maximum atomic E-state index is 12.3. The van der Waals surface area contributed by atoms with Gasteiger partial charge in [0.15, 0.2) is 0 Å². The number of anilines is 1. The molecule has 0 aromatic heterocycles. The Bertz CT molecular complexity index is 589. The highest BCUT2D eigenvalue weighted by Crippen LogP contribution is 2.24. The fourth-order valence-electron chi connectivity index (χ4n) is 2.65. The molecule has 0 aliphatic carbocycles. The van der Waals surface area contributed by atoms with E-state index in [9.17, 15) is 4.79 Å². The molecule has 1 amide bonds. The zero-order chi connectivity index (χ0) is 13.1. The van der Waals surface area contributed by atoms with Crippen LogP contribution in [0.2, 0.25) is 0 Å². The van der Waals surface area contributed by atoms with Crippen LogP contribution in [0.25, 0.3) is 10.8 Å². The van der Waals surface area contributed by atoms with Gasteiger partial charge in [-0.2, -0.15) is 0 Å². The van der Waals surface area contributed by atoms with E-state index in [0.29, 0.717) is 0 Å². The number of piperidine rings is 1. The molecule has 2 aromatic carbocycles. The predicted molar refractivity (Wildman–Crippen MR) is 85.4 cm³/mol. The van der Waals surface area contributed by atoms with E-state index < -0.39 is 0 Å². The van der Waals surface area contributed by atoms with Crippen molar-refractivity contribution in [2.45, 2.75) is 12.8 Å². The third kappa shape index (κ3) is 3.11. The van der Waals surface area contributed by atoms with Crippen molar-refractivity contribution in [3.8, 4) is 0 Å². The van der Waals surface area contributed by atoms with E-state index in [-0.39, 0.29) is 24.2 Å². The minimum Gasteiger partial charge on any atom is -0.325 e. The number of fused-ring (bicyclic) bond motifs is 1. The van der Waals surface area contributed by atoms with E-state index in [1.165, 1.54) is 0 Å². The molecule has 1 aliphatic rings. The van der Waals surface area contributed by atoms with Crippen LogP contribution >= 0.6 is 12.4 Å². The van der Waals surface area contributed by atoms with Gasteiger partial charge in [0, 0.05) is 17.0 Å². The van der Waals surface area contributed by atoms with E-state index in [1.54, 1.807) is 0 Å². The van der Waals surface area contributed by atoms with Crippen LogP contribution in [-0.2, 0) is 4.79 Å². The van der Waals surface area contributed by atoms with Crippen LogP contribution in [0, 0.1) is 5.92 Å². The summed E-state index contributed by atoms with van der Waals surface area (Å²) in [7, 11) is 0. The maximum absolute atomic E-state index is 12.3. The van der Waals surface area contributed by atoms with Crippen molar-refractivity contribution in [3.05, 3.63) is 42.5 Å². The minimum atomic E-state index is 0. The SMILES string of the molecule is Cl.O=C(Nc1cccc2ccccc12)C1CCNCC1. The Balaban J connectivity index is 0.00000147. The Morgan fingerprint density at radius 3 is 2.55 bits per heavy atom. The van der Waals surface area contributed by atoms with Crippen molar-refractivity contribution in [2.75, 3.05) is 18.4 Å². The van der Waals surface area contributed by atoms with Crippen molar-refractivity contribution in [3.63, 3.8) is 0 Å². The highest BCUT2D eigenvalue weighted by atomic mass is 35.5. The molecule has 4 heteroatoms. The van der Waals surface area contributed by atoms with Gasteiger partial charge in [-0.05, 0) is 37.4 Å². The van der Waals surface area contributed by atoms with Crippen LogP contribution in [0.3, 0.4) is 0 Å². The lowest BCUT2D eigenvalue weighted by atomic mass is 9.97. The minimum absolute atomic E-state index is 0. The molecule has 1 fully saturated rings. The summed E-state index contributed by atoms with van der Waals surface area (Å²) in [4.78, 5) is 12.3. The Morgan fingerprint density at radius 2 is 1.75 bits per heavy atom. The van der Waals surface area contributed by atoms with Crippen LogP contribution in [0.4, 0.5) is 5.69 Å². The largest absolute Gasteiger partial charge is 0.325 e. The molecule has 2 N–H and O–H groups in total. The van der Waals surface area contributed by atoms with Gasteiger partial charge in [0.2, 0.25) is 5.91 Å². The van der Waals surface area contributed by atoms with Crippen molar-refractivity contribution in [1.29, 1.82) is 0 Å². The number of halogens is 1. The first-order chi connectivity index (χ1) is 9.34. The van der Waals surface area contributed by atoms with E-state index in [2.05, 4.69) is 22.8 Å². The number of carbonyl (C=O) groups is 1. The molecule has 0 atom stereocenters. The molecular weight excluding hydrogens is 272 g/mol. The summed E-state index contributed by atoms with van der Waals surface area (Å²) in [6, 6.07) is 14.2. The average molecular weight is 291 g/mol. The standard InChI is InChI=1S/C16H18N2O.ClH/c19-16(13-8-10-17-11-9-13)18-15-7-3-5-12-4-1-2-6-14(12)15;/h1-7,13,17H,8-11H2,(H,18,19);1H. The molecule has 1 heterocycles. The summed E-state index contributed by atoms with van der Waals surface area (Å²) in [5.41, 5.74) is 0.918. The summed E-state index contributed by atoms with van der Waals surface area (Å²) in [6.45, 7) is 1.88. The quantitative estimate of drug-likeness (QED) is 0.892. The van der Waals surface area contributed by atoms with Gasteiger partial charge < -0.3 is 10.6 Å². The third-order valence-corrected chi connectivity index (χ3v) is 3.76. The first-order valence-corrected chi connectivity index (χ1v) is 6.84. The van der Waals surface area contributed by atoms with Crippen molar-refractivity contribution < 1.29 is 4.79 Å². The number of nitrogens with one attached hydrogen (secondary N) is 2. The van der Waals surface area contributed by atoms with Crippen LogP contribution in [0.1, 0.15) is 12.8 Å². The monoisotopic (exact) mass is 290 g/mol. The second kappa shape index (κ2) is 6.73. The lowest BCUT2D eigenvalue weighted by molar-refractivity contribution is -0.120. The van der Waals surface area contributed by atoms with Crippen molar-refractivity contribution >= 4 is 34.8 Å². The fourth-order valence-corrected chi connectivity index (χ4v) is 2.65. The van der Waals surface area contributed by atoms with Crippen LogP contribution in [-0.4, -0.2) is 19.0 Å². The number of rotatable bonds is 2. The number of hydrogen-bond donors (Lipinski definition) is 2. The van der Waals surface area contributed by atoms with Gasteiger partial charge in [-0.3, -0.25) is 4.79 Å². The van der Waals surface area contributed by atoms with Crippen LogP contribution in [0.5, 0.6) is 0 Å². The zero-order valence-electron chi connectivity index (χ0n) is 11.3. The van der Waals surface area contributed by atoms with E-state index >= 15 is 0 Å². The molecule has 0 radical (unpaired) electrons. The van der Waals surface area contributed by atoms with Gasteiger partial charge in [-0.15, -0.1) is 12.4 Å². The van der Waals surface area contributed by atoms with Gasteiger partial charge in [0.25, 0.3) is 0 Å². The first kappa shape index (κ1) is 14.8. The number of hydrogen-bond acceptors (Lipinski definition) is 2. The number of carbonyl (C=O) groups excluding carboxylic acids is 1. The Kier molecular flexibility index (Phi) is 4.99. The van der Waals surface area contributed by atoms with Crippen LogP contribution < -0.4 is 10.6 Å². The van der Waals surface area contributed by atoms with Crippen LogP contribution in [0.15, 0.2) is 42.5 Å². The van der Waals surface area contributed by atoms with Crippen molar-refractivity contribution in [2.24, 2.45) is 5.92 Å². The highest BCUT2D eigenvalue weighted by molar-refractivity contribution is 6.02. The van der Waals surface area contributed by atoms with Gasteiger partial charge >= 0.3 is 0 Å².